The van der Waals surface area contributed by atoms with Gasteiger partial charge in [-0.2, -0.15) is 4.31 Å². The van der Waals surface area contributed by atoms with Crippen LogP contribution in [-0.2, 0) is 39.1 Å². The average molecular weight is 556 g/mol. The maximum Gasteiger partial charge on any atom is 0.243 e. The lowest BCUT2D eigenvalue weighted by Crippen LogP contribution is -2.53. The standard InChI is InChI=1S/C29H34ClN3O4S/c1-3-18-31-29(35)27(19-23-10-6-4-7-11-23)33(21-25-14-16-26(30)17-15-25)28(34)22-32(38(2,36)37)20-24-12-8-5-9-13-24/h4-17,27H,3,18-22H2,1-2H3,(H,31,35)/t27-/m1/s1. The Hall–Kier alpha value is -3.20. The highest BCUT2D eigenvalue weighted by Gasteiger charge is 2.32. The van der Waals surface area contributed by atoms with Gasteiger partial charge in [0.1, 0.15) is 6.04 Å². The first-order valence-corrected chi connectivity index (χ1v) is 14.7. The number of benzene rings is 3. The third-order valence-electron chi connectivity index (χ3n) is 6.07. The molecular formula is C29H34ClN3O4S. The van der Waals surface area contributed by atoms with E-state index in [2.05, 4.69) is 5.32 Å². The van der Waals surface area contributed by atoms with Crippen molar-refractivity contribution < 1.29 is 18.0 Å². The van der Waals surface area contributed by atoms with E-state index in [1.165, 1.54) is 4.90 Å². The molecule has 2 amide bonds. The lowest BCUT2D eigenvalue weighted by atomic mass is 10.0. The van der Waals surface area contributed by atoms with Crippen molar-refractivity contribution in [1.29, 1.82) is 0 Å². The van der Waals surface area contributed by atoms with Crippen LogP contribution in [0.3, 0.4) is 0 Å². The Bertz CT molecular complexity index is 1290. The number of carbonyl (C=O) groups excluding carboxylic acids is 2. The zero-order valence-corrected chi connectivity index (χ0v) is 23.3. The Morgan fingerprint density at radius 1 is 0.842 bits per heavy atom. The fourth-order valence-electron chi connectivity index (χ4n) is 4.03. The van der Waals surface area contributed by atoms with Gasteiger partial charge >= 0.3 is 0 Å². The number of rotatable bonds is 13. The minimum absolute atomic E-state index is 0.0472. The monoisotopic (exact) mass is 555 g/mol. The summed E-state index contributed by atoms with van der Waals surface area (Å²) in [6, 6.07) is 24.8. The number of carbonyl (C=O) groups is 2. The molecular weight excluding hydrogens is 522 g/mol. The molecule has 1 N–H and O–H groups in total. The van der Waals surface area contributed by atoms with Crippen molar-refractivity contribution in [2.75, 3.05) is 19.3 Å². The number of nitrogens with zero attached hydrogens (tertiary/aromatic N) is 2. The summed E-state index contributed by atoms with van der Waals surface area (Å²) in [6.07, 6.45) is 2.11. The molecule has 0 fully saturated rings. The molecule has 0 aliphatic rings. The van der Waals surface area contributed by atoms with Crippen LogP contribution in [0, 0.1) is 0 Å². The van der Waals surface area contributed by atoms with Crippen LogP contribution >= 0.6 is 11.6 Å². The van der Waals surface area contributed by atoms with Crippen LogP contribution in [0.4, 0.5) is 0 Å². The van der Waals surface area contributed by atoms with Crippen LogP contribution < -0.4 is 5.32 Å². The van der Waals surface area contributed by atoms with Crippen LogP contribution in [0.25, 0.3) is 0 Å². The zero-order valence-electron chi connectivity index (χ0n) is 21.7. The quantitative estimate of drug-likeness (QED) is 0.341. The molecule has 0 spiro atoms. The Morgan fingerprint density at radius 3 is 1.95 bits per heavy atom. The van der Waals surface area contributed by atoms with E-state index in [0.717, 1.165) is 33.7 Å². The van der Waals surface area contributed by atoms with Gasteiger partial charge in [0.05, 0.1) is 12.8 Å². The van der Waals surface area contributed by atoms with Crippen molar-refractivity contribution in [1.82, 2.24) is 14.5 Å². The minimum atomic E-state index is -3.72. The zero-order chi connectivity index (χ0) is 27.5. The second-order valence-corrected chi connectivity index (χ2v) is 11.6. The van der Waals surface area contributed by atoms with E-state index in [1.807, 2.05) is 67.6 Å². The molecule has 0 saturated heterocycles. The number of hydrogen-bond donors (Lipinski definition) is 1. The van der Waals surface area contributed by atoms with Crippen LogP contribution in [0.5, 0.6) is 0 Å². The first-order chi connectivity index (χ1) is 18.2. The van der Waals surface area contributed by atoms with E-state index in [-0.39, 0.29) is 25.4 Å². The number of hydrogen-bond acceptors (Lipinski definition) is 4. The van der Waals surface area contributed by atoms with Gasteiger partial charge in [0.15, 0.2) is 0 Å². The third kappa shape index (κ3) is 8.97. The predicted octanol–water partition coefficient (Wildman–Crippen LogP) is 4.27. The molecule has 7 nitrogen and oxygen atoms in total. The molecule has 0 radical (unpaired) electrons. The Labute approximate surface area is 230 Å². The predicted molar refractivity (Wildman–Crippen MR) is 151 cm³/mol. The second-order valence-electron chi connectivity index (χ2n) is 9.16. The molecule has 0 unspecified atom stereocenters. The van der Waals surface area contributed by atoms with Crippen molar-refractivity contribution in [2.24, 2.45) is 0 Å². The molecule has 0 aromatic heterocycles. The SMILES string of the molecule is CCCNC(=O)[C@@H](Cc1ccccc1)N(Cc1ccc(Cl)cc1)C(=O)CN(Cc1ccccc1)S(C)(=O)=O. The van der Waals surface area contributed by atoms with Gasteiger partial charge in [-0.1, -0.05) is 91.3 Å². The van der Waals surface area contributed by atoms with Crippen molar-refractivity contribution in [3.8, 4) is 0 Å². The summed E-state index contributed by atoms with van der Waals surface area (Å²) in [6.45, 7) is 2.20. The molecule has 0 aliphatic heterocycles. The van der Waals surface area contributed by atoms with Crippen LogP contribution in [0.1, 0.15) is 30.0 Å². The highest BCUT2D eigenvalue weighted by molar-refractivity contribution is 7.88. The summed E-state index contributed by atoms with van der Waals surface area (Å²) in [5, 5.41) is 3.48. The molecule has 38 heavy (non-hydrogen) atoms. The molecule has 0 saturated carbocycles. The molecule has 0 aliphatic carbocycles. The van der Waals surface area contributed by atoms with Crippen LogP contribution in [-0.4, -0.2) is 54.8 Å². The van der Waals surface area contributed by atoms with Gasteiger partial charge in [-0.15, -0.1) is 0 Å². The first-order valence-electron chi connectivity index (χ1n) is 12.5. The molecule has 3 aromatic carbocycles. The maximum absolute atomic E-state index is 13.9. The van der Waals surface area contributed by atoms with Gasteiger partial charge in [0.2, 0.25) is 21.8 Å². The van der Waals surface area contributed by atoms with Gasteiger partial charge in [-0.05, 0) is 35.2 Å². The van der Waals surface area contributed by atoms with Gasteiger partial charge in [-0.25, -0.2) is 8.42 Å². The Kier molecular flexibility index (Phi) is 10.9. The summed E-state index contributed by atoms with van der Waals surface area (Å²) in [4.78, 5) is 28.8. The number of halogens is 1. The molecule has 3 aromatic rings. The lowest BCUT2D eigenvalue weighted by molar-refractivity contribution is -0.141. The Morgan fingerprint density at radius 2 is 1.39 bits per heavy atom. The minimum Gasteiger partial charge on any atom is -0.354 e. The fraction of sp³-hybridized carbons (Fsp3) is 0.310. The summed E-state index contributed by atoms with van der Waals surface area (Å²) in [7, 11) is -3.72. The van der Waals surface area contributed by atoms with E-state index in [0.29, 0.717) is 11.6 Å². The molecule has 1 atom stereocenters. The average Bonchev–Trinajstić information content (AvgIpc) is 2.90. The highest BCUT2D eigenvalue weighted by atomic mass is 35.5. The van der Waals surface area contributed by atoms with Gasteiger partial charge in [0.25, 0.3) is 0 Å². The number of sulfonamides is 1. The molecule has 202 valence electrons. The van der Waals surface area contributed by atoms with Crippen LogP contribution in [0.2, 0.25) is 5.02 Å². The van der Waals surface area contributed by atoms with Crippen molar-refractivity contribution in [3.05, 3.63) is 107 Å². The normalized spacial score (nSPS) is 12.2. The summed E-state index contributed by atoms with van der Waals surface area (Å²) >= 11 is 6.07. The first kappa shape index (κ1) is 29.4. The second kappa shape index (κ2) is 14.1. The molecule has 0 heterocycles. The van der Waals surface area contributed by atoms with Crippen LogP contribution in [0.15, 0.2) is 84.9 Å². The van der Waals surface area contributed by atoms with Gasteiger partial charge in [0, 0.05) is 31.1 Å². The lowest BCUT2D eigenvalue weighted by Gasteiger charge is -2.33. The highest BCUT2D eigenvalue weighted by Crippen LogP contribution is 2.18. The maximum atomic E-state index is 13.9. The third-order valence-corrected chi connectivity index (χ3v) is 7.52. The topological polar surface area (TPSA) is 86.8 Å². The molecule has 3 rings (SSSR count). The largest absolute Gasteiger partial charge is 0.354 e. The van der Waals surface area contributed by atoms with Gasteiger partial charge < -0.3 is 10.2 Å². The van der Waals surface area contributed by atoms with Crippen molar-refractivity contribution >= 4 is 33.4 Å². The van der Waals surface area contributed by atoms with Crippen molar-refractivity contribution in [3.63, 3.8) is 0 Å². The Balaban J connectivity index is 1.97. The molecule has 0 bridgehead atoms. The number of amides is 2. The van der Waals surface area contributed by atoms with E-state index in [4.69, 9.17) is 11.6 Å². The van der Waals surface area contributed by atoms with Gasteiger partial charge in [-0.3, -0.25) is 9.59 Å². The summed E-state index contributed by atoms with van der Waals surface area (Å²) in [5.74, 6) is -0.749. The smallest absolute Gasteiger partial charge is 0.243 e. The van der Waals surface area contributed by atoms with E-state index >= 15 is 0 Å². The van der Waals surface area contributed by atoms with E-state index < -0.39 is 28.5 Å². The van der Waals surface area contributed by atoms with E-state index in [9.17, 15) is 18.0 Å². The fourth-order valence-corrected chi connectivity index (χ4v) is 4.88. The van der Waals surface area contributed by atoms with E-state index in [1.54, 1.807) is 24.3 Å². The van der Waals surface area contributed by atoms with Crippen molar-refractivity contribution in [2.45, 2.75) is 38.9 Å². The summed E-state index contributed by atoms with van der Waals surface area (Å²) < 4.78 is 26.5. The molecule has 9 heteroatoms. The summed E-state index contributed by atoms with van der Waals surface area (Å²) in [5.41, 5.74) is 2.43. The number of nitrogens with one attached hydrogen (secondary N) is 1.